The second kappa shape index (κ2) is 6.56. The topological polar surface area (TPSA) is 95.6 Å². The number of hydrogen-bond donors (Lipinski definition) is 2. The van der Waals surface area contributed by atoms with Gasteiger partial charge in [-0.15, -0.1) is 0 Å². The molecule has 2 aromatic carbocycles. The fraction of sp³-hybridized carbons (Fsp3) is 0.111. The normalized spacial score (nSPS) is 12.8. The van der Waals surface area contributed by atoms with Gasteiger partial charge in [0, 0.05) is 18.3 Å². The lowest BCUT2D eigenvalue weighted by molar-refractivity contribution is -0.115. The zero-order chi connectivity index (χ0) is 18.0. The van der Waals surface area contributed by atoms with Crippen LogP contribution in [0.3, 0.4) is 0 Å². The molecule has 126 valence electrons. The van der Waals surface area contributed by atoms with Crippen molar-refractivity contribution in [1.82, 2.24) is 10.2 Å². The highest BCUT2D eigenvalue weighted by molar-refractivity contribution is 6.21. The van der Waals surface area contributed by atoms with Gasteiger partial charge in [-0.3, -0.25) is 24.1 Å². The molecule has 0 aliphatic carbocycles. The Balaban J connectivity index is 1.62. The summed E-state index contributed by atoms with van der Waals surface area (Å²) in [4.78, 5) is 48.7. The number of amides is 4. The van der Waals surface area contributed by atoms with Gasteiger partial charge in [0.1, 0.15) is 0 Å². The molecule has 0 aromatic heterocycles. The minimum absolute atomic E-state index is 0.211. The number of anilines is 1. The molecule has 1 heterocycles. The zero-order valence-corrected chi connectivity index (χ0v) is 13.4. The summed E-state index contributed by atoms with van der Waals surface area (Å²) in [6.07, 6.45) is 0. The van der Waals surface area contributed by atoms with E-state index in [-0.39, 0.29) is 23.9 Å². The molecule has 0 bridgehead atoms. The predicted molar refractivity (Wildman–Crippen MR) is 90.3 cm³/mol. The summed E-state index contributed by atoms with van der Waals surface area (Å²) in [5.41, 5.74) is 1.40. The Kier molecular flexibility index (Phi) is 4.30. The van der Waals surface area contributed by atoms with E-state index in [1.807, 2.05) is 0 Å². The average Bonchev–Trinajstić information content (AvgIpc) is 2.84. The molecule has 3 rings (SSSR count). The second-order valence-electron chi connectivity index (χ2n) is 5.53. The summed E-state index contributed by atoms with van der Waals surface area (Å²) in [6, 6.07) is 13.0. The second-order valence-corrected chi connectivity index (χ2v) is 5.53. The largest absolute Gasteiger partial charge is 0.343 e. The van der Waals surface area contributed by atoms with Crippen LogP contribution in [0.2, 0.25) is 0 Å². The molecule has 0 unspecified atom stereocenters. The first-order valence-corrected chi connectivity index (χ1v) is 7.57. The van der Waals surface area contributed by atoms with Crippen molar-refractivity contribution in [3.8, 4) is 0 Å². The van der Waals surface area contributed by atoms with Gasteiger partial charge in [-0.2, -0.15) is 0 Å². The lowest BCUT2D eigenvalue weighted by atomic mass is 10.1. The van der Waals surface area contributed by atoms with Crippen LogP contribution in [-0.4, -0.2) is 42.1 Å². The molecule has 4 amide bonds. The van der Waals surface area contributed by atoms with E-state index in [0.29, 0.717) is 16.8 Å². The van der Waals surface area contributed by atoms with Crippen molar-refractivity contribution in [2.24, 2.45) is 0 Å². The Hall–Kier alpha value is -3.48. The lowest BCUT2D eigenvalue weighted by Crippen LogP contribution is -2.32. The Labute approximate surface area is 143 Å². The van der Waals surface area contributed by atoms with E-state index in [2.05, 4.69) is 10.6 Å². The van der Waals surface area contributed by atoms with Gasteiger partial charge in [0.25, 0.3) is 17.7 Å². The highest BCUT2D eigenvalue weighted by Gasteiger charge is 2.32. The Bertz CT molecular complexity index is 877. The van der Waals surface area contributed by atoms with Crippen LogP contribution in [0, 0.1) is 0 Å². The molecule has 7 heteroatoms. The number of benzene rings is 2. The first-order valence-electron chi connectivity index (χ1n) is 7.57. The van der Waals surface area contributed by atoms with E-state index in [9.17, 15) is 19.2 Å². The van der Waals surface area contributed by atoms with Gasteiger partial charge in [-0.1, -0.05) is 18.2 Å². The number of fused-ring (bicyclic) bond motifs is 1. The molecule has 25 heavy (non-hydrogen) atoms. The average molecular weight is 337 g/mol. The maximum Gasteiger partial charge on any atom is 0.261 e. The van der Waals surface area contributed by atoms with Crippen LogP contribution in [0.15, 0.2) is 48.5 Å². The summed E-state index contributed by atoms with van der Waals surface area (Å²) in [7, 11) is 1.40. The molecule has 0 saturated carbocycles. The van der Waals surface area contributed by atoms with Gasteiger partial charge in [0.15, 0.2) is 0 Å². The van der Waals surface area contributed by atoms with E-state index >= 15 is 0 Å². The molecule has 7 nitrogen and oxygen atoms in total. The molecular formula is C18H15N3O4. The molecule has 2 N–H and O–H groups in total. The standard InChI is InChI=1S/C18H15N3O4/c1-21-17(24)13-8-7-12(9-14(13)18(21)25)20-15(22)10-19-16(23)11-5-3-2-4-6-11/h2-9H,10H2,1H3,(H,19,23)(H,20,22). The molecule has 2 aromatic rings. The third kappa shape index (κ3) is 3.25. The molecular weight excluding hydrogens is 322 g/mol. The SMILES string of the molecule is CN1C(=O)c2ccc(NC(=O)CNC(=O)c3ccccc3)cc2C1=O. The van der Waals surface area contributed by atoms with Gasteiger partial charge >= 0.3 is 0 Å². The third-order valence-corrected chi connectivity index (χ3v) is 3.82. The summed E-state index contributed by atoms with van der Waals surface area (Å²) in [6.45, 7) is -0.211. The quantitative estimate of drug-likeness (QED) is 0.822. The van der Waals surface area contributed by atoms with Gasteiger partial charge in [-0.25, -0.2) is 0 Å². The van der Waals surface area contributed by atoms with Crippen LogP contribution in [0.4, 0.5) is 5.69 Å². The number of carbonyl (C=O) groups excluding carboxylic acids is 4. The van der Waals surface area contributed by atoms with Crippen LogP contribution in [0.1, 0.15) is 31.1 Å². The van der Waals surface area contributed by atoms with Crippen LogP contribution >= 0.6 is 0 Å². The third-order valence-electron chi connectivity index (χ3n) is 3.82. The van der Waals surface area contributed by atoms with Crippen LogP contribution in [0.25, 0.3) is 0 Å². The lowest BCUT2D eigenvalue weighted by Gasteiger charge is -2.08. The Morgan fingerprint density at radius 3 is 2.36 bits per heavy atom. The number of rotatable bonds is 4. The first kappa shape index (κ1) is 16.4. The molecule has 1 aliphatic heterocycles. The highest BCUT2D eigenvalue weighted by atomic mass is 16.2. The van der Waals surface area contributed by atoms with Crippen molar-refractivity contribution in [3.05, 3.63) is 65.2 Å². The van der Waals surface area contributed by atoms with Crippen molar-refractivity contribution < 1.29 is 19.2 Å². The highest BCUT2D eigenvalue weighted by Crippen LogP contribution is 2.24. The van der Waals surface area contributed by atoms with Crippen molar-refractivity contribution >= 4 is 29.3 Å². The van der Waals surface area contributed by atoms with Gasteiger partial charge in [-0.05, 0) is 30.3 Å². The van der Waals surface area contributed by atoms with Crippen LogP contribution < -0.4 is 10.6 Å². The maximum absolute atomic E-state index is 12.0. The monoisotopic (exact) mass is 337 g/mol. The van der Waals surface area contributed by atoms with E-state index in [1.54, 1.807) is 36.4 Å². The number of nitrogens with zero attached hydrogens (tertiary/aromatic N) is 1. The minimum atomic E-state index is -0.436. The first-order chi connectivity index (χ1) is 12.0. The smallest absolute Gasteiger partial charge is 0.261 e. The van der Waals surface area contributed by atoms with E-state index in [4.69, 9.17) is 0 Å². The number of nitrogens with one attached hydrogen (secondary N) is 2. The van der Waals surface area contributed by atoms with Gasteiger partial charge in [0.05, 0.1) is 17.7 Å². The van der Waals surface area contributed by atoms with E-state index in [0.717, 1.165) is 4.90 Å². The van der Waals surface area contributed by atoms with Crippen molar-refractivity contribution in [1.29, 1.82) is 0 Å². The predicted octanol–water partition coefficient (Wildman–Crippen LogP) is 1.28. The molecule has 0 saturated heterocycles. The molecule has 0 spiro atoms. The number of imide groups is 1. The summed E-state index contributed by atoms with van der Waals surface area (Å²) >= 11 is 0. The zero-order valence-electron chi connectivity index (χ0n) is 13.4. The molecule has 0 atom stereocenters. The minimum Gasteiger partial charge on any atom is -0.343 e. The van der Waals surface area contributed by atoms with E-state index < -0.39 is 11.8 Å². The fourth-order valence-electron chi connectivity index (χ4n) is 2.50. The number of carbonyl (C=O) groups is 4. The van der Waals surface area contributed by atoms with Crippen LogP contribution in [0.5, 0.6) is 0 Å². The Morgan fingerprint density at radius 1 is 0.960 bits per heavy atom. The summed E-state index contributed by atoms with van der Waals surface area (Å²) < 4.78 is 0. The Morgan fingerprint density at radius 2 is 1.64 bits per heavy atom. The van der Waals surface area contributed by atoms with Crippen molar-refractivity contribution in [2.45, 2.75) is 0 Å². The maximum atomic E-state index is 12.0. The number of hydrogen-bond acceptors (Lipinski definition) is 4. The van der Waals surface area contributed by atoms with Crippen molar-refractivity contribution in [3.63, 3.8) is 0 Å². The van der Waals surface area contributed by atoms with Gasteiger partial charge < -0.3 is 10.6 Å². The van der Waals surface area contributed by atoms with E-state index in [1.165, 1.54) is 19.2 Å². The summed E-state index contributed by atoms with van der Waals surface area (Å²) in [5, 5.41) is 5.11. The molecule has 1 aliphatic rings. The molecule has 0 fully saturated rings. The van der Waals surface area contributed by atoms with Crippen LogP contribution in [-0.2, 0) is 4.79 Å². The van der Waals surface area contributed by atoms with Crippen molar-refractivity contribution in [2.75, 3.05) is 18.9 Å². The fourth-order valence-corrected chi connectivity index (χ4v) is 2.50. The summed E-state index contributed by atoms with van der Waals surface area (Å²) in [5.74, 6) is -1.57. The molecule has 0 radical (unpaired) electrons. The van der Waals surface area contributed by atoms with Gasteiger partial charge in [0.2, 0.25) is 5.91 Å².